The smallest absolute Gasteiger partial charge is 0.276 e. The highest BCUT2D eigenvalue weighted by molar-refractivity contribution is 6.31. The van der Waals surface area contributed by atoms with Crippen molar-refractivity contribution in [3.8, 4) is 5.69 Å². The van der Waals surface area contributed by atoms with E-state index in [0.717, 1.165) is 11.4 Å². The minimum Gasteiger partial charge on any atom is -0.321 e. The summed E-state index contributed by atoms with van der Waals surface area (Å²) in [4.78, 5) is 12.3. The van der Waals surface area contributed by atoms with E-state index in [4.69, 9.17) is 11.6 Å². The fourth-order valence-corrected chi connectivity index (χ4v) is 2.37. The molecular formula is C17H13ClFN3O. The van der Waals surface area contributed by atoms with Crippen LogP contribution < -0.4 is 5.32 Å². The molecule has 1 aromatic heterocycles. The predicted octanol–water partition coefficient (Wildman–Crippen LogP) is 4.23. The number of nitrogens with zero attached hydrogens (tertiary/aromatic N) is 2. The predicted molar refractivity (Wildman–Crippen MR) is 87.7 cm³/mol. The molecule has 2 aromatic carbocycles. The monoisotopic (exact) mass is 329 g/mol. The van der Waals surface area contributed by atoms with Crippen molar-refractivity contribution in [2.75, 3.05) is 5.32 Å². The van der Waals surface area contributed by atoms with Crippen LogP contribution in [0.15, 0.2) is 54.6 Å². The lowest BCUT2D eigenvalue weighted by molar-refractivity contribution is 0.102. The normalized spacial score (nSPS) is 10.6. The number of rotatable bonds is 3. The molecule has 0 aliphatic rings. The summed E-state index contributed by atoms with van der Waals surface area (Å²) in [6, 6.07) is 15.2. The highest BCUT2D eigenvalue weighted by Gasteiger charge is 2.14. The lowest BCUT2D eigenvalue weighted by Crippen LogP contribution is -2.13. The molecule has 4 nitrogen and oxygen atoms in total. The number of aryl methyl sites for hydroxylation is 1. The standard InChI is InChI=1S/C17H13ClFN3O/c1-11-9-16(21-22(11)13-5-3-2-4-6-13)17(23)20-12-7-8-15(19)14(18)10-12/h2-10H,1H3,(H,20,23). The van der Waals surface area contributed by atoms with Crippen molar-refractivity contribution in [3.63, 3.8) is 0 Å². The molecule has 6 heteroatoms. The molecule has 3 rings (SSSR count). The van der Waals surface area contributed by atoms with Gasteiger partial charge in [-0.3, -0.25) is 4.79 Å². The van der Waals surface area contributed by atoms with Gasteiger partial charge in [0, 0.05) is 11.4 Å². The maximum Gasteiger partial charge on any atom is 0.276 e. The van der Waals surface area contributed by atoms with Crippen LogP contribution in [-0.4, -0.2) is 15.7 Å². The van der Waals surface area contributed by atoms with Crippen molar-refractivity contribution in [3.05, 3.63) is 76.8 Å². The van der Waals surface area contributed by atoms with Crippen molar-refractivity contribution in [2.24, 2.45) is 0 Å². The van der Waals surface area contributed by atoms with Gasteiger partial charge in [0.2, 0.25) is 0 Å². The lowest BCUT2D eigenvalue weighted by atomic mass is 10.3. The average molecular weight is 330 g/mol. The number of carbonyl (C=O) groups excluding carboxylic acids is 1. The molecule has 0 bridgehead atoms. The van der Waals surface area contributed by atoms with Crippen LogP contribution in [-0.2, 0) is 0 Å². The Bertz CT molecular complexity index is 862. The van der Waals surface area contributed by atoms with Gasteiger partial charge in [0.1, 0.15) is 5.82 Å². The summed E-state index contributed by atoms with van der Waals surface area (Å²) in [6.07, 6.45) is 0. The lowest BCUT2D eigenvalue weighted by Gasteiger charge is -2.04. The molecule has 0 fully saturated rings. The van der Waals surface area contributed by atoms with Gasteiger partial charge in [-0.15, -0.1) is 0 Å². The second-order valence-corrected chi connectivity index (χ2v) is 5.41. The molecule has 0 saturated carbocycles. The van der Waals surface area contributed by atoms with Crippen molar-refractivity contribution in [2.45, 2.75) is 6.92 Å². The Balaban J connectivity index is 1.84. The number of carbonyl (C=O) groups is 1. The quantitative estimate of drug-likeness (QED) is 0.781. The number of amides is 1. The summed E-state index contributed by atoms with van der Waals surface area (Å²) >= 11 is 5.71. The highest BCUT2D eigenvalue weighted by atomic mass is 35.5. The van der Waals surface area contributed by atoms with E-state index in [9.17, 15) is 9.18 Å². The fourth-order valence-electron chi connectivity index (χ4n) is 2.19. The van der Waals surface area contributed by atoms with Crippen LogP contribution >= 0.6 is 11.6 Å². The van der Waals surface area contributed by atoms with Crippen molar-refractivity contribution >= 4 is 23.2 Å². The molecule has 3 aromatic rings. The first-order valence-electron chi connectivity index (χ1n) is 6.93. The minimum absolute atomic E-state index is 0.0474. The minimum atomic E-state index is -0.533. The number of halogens is 2. The Morgan fingerprint density at radius 3 is 2.61 bits per heavy atom. The number of nitrogens with one attached hydrogen (secondary N) is 1. The number of benzene rings is 2. The maximum atomic E-state index is 13.1. The molecule has 0 radical (unpaired) electrons. The molecule has 0 aliphatic carbocycles. The molecule has 1 heterocycles. The van der Waals surface area contributed by atoms with Crippen LogP contribution in [0.1, 0.15) is 16.2 Å². The Morgan fingerprint density at radius 1 is 1.17 bits per heavy atom. The number of aromatic nitrogens is 2. The summed E-state index contributed by atoms with van der Waals surface area (Å²) in [5.74, 6) is -0.917. The molecule has 0 saturated heterocycles. The van der Waals surface area contributed by atoms with Gasteiger partial charge < -0.3 is 5.32 Å². The van der Waals surface area contributed by atoms with Gasteiger partial charge in [-0.1, -0.05) is 29.8 Å². The van der Waals surface area contributed by atoms with Gasteiger partial charge in [-0.25, -0.2) is 9.07 Å². The van der Waals surface area contributed by atoms with Crippen molar-refractivity contribution < 1.29 is 9.18 Å². The average Bonchev–Trinajstić information content (AvgIpc) is 2.94. The highest BCUT2D eigenvalue weighted by Crippen LogP contribution is 2.20. The van der Waals surface area contributed by atoms with Gasteiger partial charge in [-0.05, 0) is 43.3 Å². The third-order valence-electron chi connectivity index (χ3n) is 3.30. The summed E-state index contributed by atoms with van der Waals surface area (Å²) in [5.41, 5.74) is 2.38. The zero-order valence-electron chi connectivity index (χ0n) is 12.3. The van der Waals surface area contributed by atoms with Crippen LogP contribution in [0.2, 0.25) is 5.02 Å². The molecule has 23 heavy (non-hydrogen) atoms. The van der Waals surface area contributed by atoms with E-state index in [1.165, 1.54) is 18.2 Å². The SMILES string of the molecule is Cc1cc(C(=O)Nc2ccc(F)c(Cl)c2)nn1-c1ccccc1. The molecular weight excluding hydrogens is 317 g/mol. The number of hydrogen-bond donors (Lipinski definition) is 1. The van der Waals surface area contributed by atoms with Gasteiger partial charge >= 0.3 is 0 Å². The van der Waals surface area contributed by atoms with E-state index in [-0.39, 0.29) is 16.6 Å². The fraction of sp³-hybridized carbons (Fsp3) is 0.0588. The third kappa shape index (κ3) is 3.24. The first kappa shape index (κ1) is 15.2. The zero-order chi connectivity index (χ0) is 16.4. The van der Waals surface area contributed by atoms with Crippen LogP contribution in [0.4, 0.5) is 10.1 Å². The van der Waals surface area contributed by atoms with Gasteiger partial charge in [-0.2, -0.15) is 5.10 Å². The molecule has 116 valence electrons. The second-order valence-electron chi connectivity index (χ2n) is 5.00. The van der Waals surface area contributed by atoms with Crippen molar-refractivity contribution in [1.29, 1.82) is 0 Å². The molecule has 0 spiro atoms. The molecule has 1 N–H and O–H groups in total. The van der Waals surface area contributed by atoms with Crippen LogP contribution in [0.5, 0.6) is 0 Å². The maximum absolute atomic E-state index is 13.1. The number of anilines is 1. The van der Waals surface area contributed by atoms with Gasteiger partial charge in [0.15, 0.2) is 5.69 Å². The first-order chi connectivity index (χ1) is 11.0. The zero-order valence-corrected chi connectivity index (χ0v) is 13.0. The Hall–Kier alpha value is -2.66. The van der Waals surface area contributed by atoms with Crippen molar-refractivity contribution in [1.82, 2.24) is 9.78 Å². The Kier molecular flexibility index (Phi) is 4.12. The molecule has 0 unspecified atom stereocenters. The van der Waals surface area contributed by atoms with Gasteiger partial charge in [0.25, 0.3) is 5.91 Å². The van der Waals surface area contributed by atoms with E-state index in [1.807, 2.05) is 37.3 Å². The summed E-state index contributed by atoms with van der Waals surface area (Å²) in [6.45, 7) is 1.87. The molecule has 1 amide bonds. The Morgan fingerprint density at radius 2 is 1.91 bits per heavy atom. The number of para-hydroxylation sites is 1. The summed E-state index contributed by atoms with van der Waals surface area (Å²) in [7, 11) is 0. The van der Waals surface area contributed by atoms with Crippen LogP contribution in [0, 0.1) is 12.7 Å². The van der Waals surface area contributed by atoms with Crippen LogP contribution in [0.25, 0.3) is 5.69 Å². The van der Waals surface area contributed by atoms with E-state index < -0.39 is 5.82 Å². The molecule has 0 atom stereocenters. The van der Waals surface area contributed by atoms with E-state index >= 15 is 0 Å². The topological polar surface area (TPSA) is 46.9 Å². The van der Waals surface area contributed by atoms with E-state index in [1.54, 1.807) is 10.7 Å². The van der Waals surface area contributed by atoms with Crippen LogP contribution in [0.3, 0.4) is 0 Å². The largest absolute Gasteiger partial charge is 0.321 e. The first-order valence-corrected chi connectivity index (χ1v) is 7.31. The number of hydrogen-bond acceptors (Lipinski definition) is 2. The summed E-state index contributed by atoms with van der Waals surface area (Å²) < 4.78 is 14.8. The van der Waals surface area contributed by atoms with E-state index in [2.05, 4.69) is 10.4 Å². The molecule has 0 aliphatic heterocycles. The summed E-state index contributed by atoms with van der Waals surface area (Å²) in [5, 5.41) is 6.92. The van der Waals surface area contributed by atoms with E-state index in [0.29, 0.717) is 5.69 Å². The Labute approximate surface area is 137 Å². The third-order valence-corrected chi connectivity index (χ3v) is 3.59. The second kappa shape index (κ2) is 6.22. The van der Waals surface area contributed by atoms with Gasteiger partial charge in [0.05, 0.1) is 10.7 Å².